The number of thioether (sulfide) groups is 1. The summed E-state index contributed by atoms with van der Waals surface area (Å²) in [4.78, 5) is 12.1. The van der Waals surface area contributed by atoms with E-state index in [1.54, 1.807) is 6.92 Å². The first-order valence-electron chi connectivity index (χ1n) is 8.19. The number of hydrogen-bond acceptors (Lipinski definition) is 3. The van der Waals surface area contributed by atoms with E-state index in [1.807, 2.05) is 55.1 Å². The van der Waals surface area contributed by atoms with E-state index in [0.717, 1.165) is 22.8 Å². The van der Waals surface area contributed by atoms with Crippen molar-refractivity contribution in [3.8, 4) is 5.75 Å². The van der Waals surface area contributed by atoms with E-state index in [9.17, 15) is 4.79 Å². The van der Waals surface area contributed by atoms with Gasteiger partial charge in [0, 0.05) is 18.1 Å². The summed E-state index contributed by atoms with van der Waals surface area (Å²) < 4.78 is 5.72. The largest absolute Gasteiger partial charge is 0.481 e. The Morgan fingerprint density at radius 3 is 2.58 bits per heavy atom. The molecule has 24 heavy (non-hydrogen) atoms. The maximum absolute atomic E-state index is 12.1. The third kappa shape index (κ3) is 5.93. The molecule has 4 heteroatoms. The number of benzene rings is 2. The van der Waals surface area contributed by atoms with E-state index in [1.165, 1.54) is 11.1 Å². The van der Waals surface area contributed by atoms with Crippen molar-refractivity contribution in [1.29, 1.82) is 0 Å². The summed E-state index contributed by atoms with van der Waals surface area (Å²) >= 11 is 1.81. The number of rotatable bonds is 8. The Morgan fingerprint density at radius 1 is 1.12 bits per heavy atom. The van der Waals surface area contributed by atoms with Crippen LogP contribution in [0.5, 0.6) is 5.75 Å². The highest BCUT2D eigenvalue weighted by Crippen LogP contribution is 2.17. The summed E-state index contributed by atoms with van der Waals surface area (Å²) in [5.41, 5.74) is 3.69. The first-order valence-corrected chi connectivity index (χ1v) is 9.35. The molecule has 0 bridgehead atoms. The number of carbonyl (C=O) groups is 1. The Labute approximate surface area is 148 Å². The number of nitrogens with one attached hydrogen (secondary N) is 1. The van der Waals surface area contributed by atoms with Crippen molar-refractivity contribution >= 4 is 17.7 Å². The second-order valence-electron chi connectivity index (χ2n) is 5.84. The van der Waals surface area contributed by atoms with Gasteiger partial charge in [-0.3, -0.25) is 4.79 Å². The van der Waals surface area contributed by atoms with Gasteiger partial charge >= 0.3 is 0 Å². The molecule has 0 heterocycles. The fraction of sp³-hybridized carbons (Fsp3) is 0.350. The lowest BCUT2D eigenvalue weighted by Crippen LogP contribution is -2.37. The molecule has 128 valence electrons. The van der Waals surface area contributed by atoms with Gasteiger partial charge in [0.05, 0.1) is 0 Å². The molecule has 2 aromatic rings. The van der Waals surface area contributed by atoms with Crippen molar-refractivity contribution in [3.63, 3.8) is 0 Å². The fourth-order valence-corrected chi connectivity index (χ4v) is 3.02. The molecule has 0 spiro atoms. The molecule has 1 atom stereocenters. The second kappa shape index (κ2) is 9.38. The highest BCUT2D eigenvalue weighted by atomic mass is 32.2. The van der Waals surface area contributed by atoms with Gasteiger partial charge in [-0.2, -0.15) is 11.8 Å². The van der Waals surface area contributed by atoms with E-state index in [0.29, 0.717) is 6.54 Å². The molecule has 1 amide bonds. The molecule has 0 saturated carbocycles. The van der Waals surface area contributed by atoms with Crippen LogP contribution in [0.25, 0.3) is 0 Å². The fourth-order valence-electron chi connectivity index (χ4n) is 2.20. The van der Waals surface area contributed by atoms with Crippen LogP contribution in [0.2, 0.25) is 0 Å². The van der Waals surface area contributed by atoms with E-state index >= 15 is 0 Å². The van der Waals surface area contributed by atoms with Crippen LogP contribution in [0.3, 0.4) is 0 Å². The summed E-state index contributed by atoms with van der Waals surface area (Å²) in [6.45, 7) is 6.53. The molecule has 0 saturated heterocycles. The second-order valence-corrected chi connectivity index (χ2v) is 6.94. The zero-order valence-electron chi connectivity index (χ0n) is 14.5. The van der Waals surface area contributed by atoms with Crippen LogP contribution < -0.4 is 10.1 Å². The van der Waals surface area contributed by atoms with E-state index in [2.05, 4.69) is 24.4 Å². The van der Waals surface area contributed by atoms with Crippen molar-refractivity contribution in [1.82, 2.24) is 5.32 Å². The summed E-state index contributed by atoms with van der Waals surface area (Å²) in [5, 5.41) is 2.93. The van der Waals surface area contributed by atoms with Gasteiger partial charge < -0.3 is 10.1 Å². The number of amides is 1. The molecule has 2 rings (SSSR count). The summed E-state index contributed by atoms with van der Waals surface area (Å²) in [7, 11) is 0. The van der Waals surface area contributed by atoms with Gasteiger partial charge in [-0.1, -0.05) is 36.4 Å². The third-order valence-corrected chi connectivity index (χ3v) is 4.85. The maximum atomic E-state index is 12.1. The van der Waals surface area contributed by atoms with Crippen molar-refractivity contribution in [2.24, 2.45) is 0 Å². The Bertz CT molecular complexity index is 658. The smallest absolute Gasteiger partial charge is 0.260 e. The van der Waals surface area contributed by atoms with Crippen molar-refractivity contribution in [2.45, 2.75) is 32.6 Å². The minimum atomic E-state index is -0.494. The van der Waals surface area contributed by atoms with Gasteiger partial charge in [-0.05, 0) is 49.6 Å². The SMILES string of the molecule is Cc1ccc(O[C@@H](C)C(=O)NCCSCc2ccccc2)cc1C. The van der Waals surface area contributed by atoms with Crippen LogP contribution in [-0.2, 0) is 10.5 Å². The highest BCUT2D eigenvalue weighted by molar-refractivity contribution is 7.98. The Hall–Kier alpha value is -1.94. The van der Waals surface area contributed by atoms with Crippen LogP contribution in [-0.4, -0.2) is 24.3 Å². The average Bonchev–Trinajstić information content (AvgIpc) is 2.58. The van der Waals surface area contributed by atoms with E-state index < -0.39 is 6.10 Å². The van der Waals surface area contributed by atoms with Crippen LogP contribution >= 0.6 is 11.8 Å². The molecule has 3 nitrogen and oxygen atoms in total. The van der Waals surface area contributed by atoms with Gasteiger partial charge in [0.15, 0.2) is 6.10 Å². The monoisotopic (exact) mass is 343 g/mol. The lowest BCUT2D eigenvalue weighted by atomic mass is 10.1. The molecular formula is C20H25NO2S. The predicted molar refractivity (Wildman–Crippen MR) is 102 cm³/mol. The molecule has 0 aliphatic heterocycles. The molecule has 0 aliphatic carbocycles. The van der Waals surface area contributed by atoms with Crippen molar-refractivity contribution in [3.05, 3.63) is 65.2 Å². The zero-order chi connectivity index (χ0) is 17.4. The number of ether oxygens (including phenoxy) is 1. The van der Waals surface area contributed by atoms with Crippen LogP contribution in [0.15, 0.2) is 48.5 Å². The van der Waals surface area contributed by atoms with Crippen LogP contribution in [0.1, 0.15) is 23.6 Å². The first-order chi connectivity index (χ1) is 11.6. The topological polar surface area (TPSA) is 38.3 Å². The van der Waals surface area contributed by atoms with Crippen molar-refractivity contribution < 1.29 is 9.53 Å². The molecule has 2 aromatic carbocycles. The van der Waals surface area contributed by atoms with Crippen LogP contribution in [0.4, 0.5) is 0 Å². The van der Waals surface area contributed by atoms with Crippen LogP contribution in [0, 0.1) is 13.8 Å². The third-order valence-electron chi connectivity index (χ3n) is 3.82. The molecule has 0 unspecified atom stereocenters. The lowest BCUT2D eigenvalue weighted by Gasteiger charge is -2.15. The summed E-state index contributed by atoms with van der Waals surface area (Å²) in [6.07, 6.45) is -0.494. The Morgan fingerprint density at radius 2 is 1.88 bits per heavy atom. The average molecular weight is 343 g/mol. The van der Waals surface area contributed by atoms with Gasteiger partial charge in [-0.15, -0.1) is 0 Å². The van der Waals surface area contributed by atoms with Gasteiger partial charge in [0.2, 0.25) is 0 Å². The quantitative estimate of drug-likeness (QED) is 0.733. The van der Waals surface area contributed by atoms with Gasteiger partial charge in [0.25, 0.3) is 5.91 Å². The molecule has 0 fully saturated rings. The first kappa shape index (κ1) is 18.4. The Kier molecular flexibility index (Phi) is 7.19. The summed E-state index contributed by atoms with van der Waals surface area (Å²) in [6, 6.07) is 16.2. The zero-order valence-corrected chi connectivity index (χ0v) is 15.4. The van der Waals surface area contributed by atoms with Gasteiger partial charge in [-0.25, -0.2) is 0 Å². The minimum absolute atomic E-state index is 0.0754. The molecule has 1 N–H and O–H groups in total. The lowest BCUT2D eigenvalue weighted by molar-refractivity contribution is -0.127. The predicted octanol–water partition coefficient (Wildman–Crippen LogP) is 4.12. The number of aryl methyl sites for hydroxylation is 2. The number of hydrogen-bond donors (Lipinski definition) is 1. The maximum Gasteiger partial charge on any atom is 0.260 e. The minimum Gasteiger partial charge on any atom is -0.481 e. The van der Waals surface area contributed by atoms with E-state index in [-0.39, 0.29) is 5.91 Å². The standard InChI is InChI=1S/C20H25NO2S/c1-15-9-10-19(13-16(15)2)23-17(3)20(22)21-11-12-24-14-18-7-5-4-6-8-18/h4-10,13,17H,11-12,14H2,1-3H3,(H,21,22)/t17-/m0/s1. The number of carbonyl (C=O) groups excluding carboxylic acids is 1. The highest BCUT2D eigenvalue weighted by Gasteiger charge is 2.14. The summed E-state index contributed by atoms with van der Waals surface area (Å²) in [5.74, 6) is 2.51. The Balaban J connectivity index is 1.67. The van der Waals surface area contributed by atoms with Gasteiger partial charge in [0.1, 0.15) is 5.75 Å². The normalized spacial score (nSPS) is 11.8. The molecule has 0 aliphatic rings. The molecule has 0 aromatic heterocycles. The molecule has 0 radical (unpaired) electrons. The van der Waals surface area contributed by atoms with E-state index in [4.69, 9.17) is 4.74 Å². The van der Waals surface area contributed by atoms with Crippen molar-refractivity contribution in [2.75, 3.05) is 12.3 Å². The molecular weight excluding hydrogens is 318 g/mol.